The van der Waals surface area contributed by atoms with Crippen molar-refractivity contribution >= 4 is 21.7 Å². The number of rotatable bonds is 6. The molecule has 1 saturated heterocycles. The third kappa shape index (κ3) is 3.07. The highest BCUT2D eigenvalue weighted by atomic mass is 32.2. The van der Waals surface area contributed by atoms with Crippen LogP contribution in [0.15, 0.2) is 0 Å². The Kier molecular flexibility index (Phi) is 4.33. The fourth-order valence-corrected chi connectivity index (χ4v) is 3.83. The van der Waals surface area contributed by atoms with Crippen molar-refractivity contribution in [2.75, 3.05) is 18.1 Å². The molecule has 2 fully saturated rings. The summed E-state index contributed by atoms with van der Waals surface area (Å²) in [4.78, 5) is 26.4. The van der Waals surface area contributed by atoms with Crippen LogP contribution in [0.3, 0.4) is 0 Å². The molecule has 7 heteroatoms. The van der Waals surface area contributed by atoms with Crippen molar-refractivity contribution in [3.63, 3.8) is 0 Å². The van der Waals surface area contributed by atoms with E-state index >= 15 is 0 Å². The van der Waals surface area contributed by atoms with Gasteiger partial charge in [0.1, 0.15) is 21.4 Å². The molecule has 2 unspecified atom stereocenters. The van der Waals surface area contributed by atoms with Gasteiger partial charge >= 0.3 is 0 Å². The van der Waals surface area contributed by atoms with Gasteiger partial charge in [-0.15, -0.1) is 0 Å². The molecule has 1 N–H and O–H groups in total. The highest BCUT2D eigenvalue weighted by molar-refractivity contribution is 7.91. The lowest BCUT2D eigenvalue weighted by molar-refractivity contribution is -0.157. The normalized spacial score (nSPS) is 30.4. The summed E-state index contributed by atoms with van der Waals surface area (Å²) in [7, 11) is -3.05. The third-order valence-corrected chi connectivity index (χ3v) is 6.44. The summed E-state index contributed by atoms with van der Waals surface area (Å²) in [5.41, 5.74) is -0.820. The van der Waals surface area contributed by atoms with Gasteiger partial charge in [-0.05, 0) is 39.0 Å². The zero-order valence-corrected chi connectivity index (χ0v) is 13.7. The average molecular weight is 316 g/mol. The molecule has 0 aromatic heterocycles. The fraction of sp³-hybridized carbons (Fsp3) is 0.857. The average Bonchev–Trinajstić information content (AvgIpc) is 3.25. The van der Waals surface area contributed by atoms with Gasteiger partial charge in [-0.1, -0.05) is 6.92 Å². The van der Waals surface area contributed by atoms with E-state index in [0.717, 1.165) is 12.8 Å². The second kappa shape index (κ2) is 5.59. The Hall–Kier alpha value is -1.11. The van der Waals surface area contributed by atoms with Crippen molar-refractivity contribution in [2.24, 2.45) is 5.92 Å². The Morgan fingerprint density at radius 1 is 1.33 bits per heavy atom. The van der Waals surface area contributed by atoms with Crippen molar-refractivity contribution in [3.8, 4) is 0 Å². The summed E-state index contributed by atoms with van der Waals surface area (Å²) >= 11 is 0. The molecule has 6 nitrogen and oxygen atoms in total. The lowest BCUT2D eigenvalue weighted by Crippen LogP contribution is -2.70. The molecule has 0 spiro atoms. The highest BCUT2D eigenvalue weighted by Gasteiger charge is 2.56. The van der Waals surface area contributed by atoms with Gasteiger partial charge in [0.15, 0.2) is 0 Å². The first-order valence-electron chi connectivity index (χ1n) is 7.55. The quantitative estimate of drug-likeness (QED) is 0.765. The molecule has 1 aliphatic heterocycles. The first-order chi connectivity index (χ1) is 9.72. The molecule has 120 valence electrons. The van der Waals surface area contributed by atoms with Crippen molar-refractivity contribution < 1.29 is 18.0 Å². The molecular weight excluding hydrogens is 292 g/mol. The molecule has 0 aromatic carbocycles. The van der Waals surface area contributed by atoms with Crippen molar-refractivity contribution in [2.45, 2.75) is 51.6 Å². The Morgan fingerprint density at radius 2 is 1.95 bits per heavy atom. The van der Waals surface area contributed by atoms with Crippen molar-refractivity contribution in [1.29, 1.82) is 0 Å². The topological polar surface area (TPSA) is 83.6 Å². The zero-order chi connectivity index (χ0) is 15.8. The molecule has 0 radical (unpaired) electrons. The second-order valence-electron chi connectivity index (χ2n) is 6.20. The highest BCUT2D eigenvalue weighted by Crippen LogP contribution is 2.44. The molecule has 21 heavy (non-hydrogen) atoms. The molecular formula is C14H24N2O4S. The van der Waals surface area contributed by atoms with Gasteiger partial charge in [0.25, 0.3) is 0 Å². The van der Waals surface area contributed by atoms with E-state index in [4.69, 9.17) is 0 Å². The number of nitrogens with one attached hydrogen (secondary N) is 1. The minimum Gasteiger partial charge on any atom is -0.343 e. The molecule has 0 bridgehead atoms. The zero-order valence-electron chi connectivity index (χ0n) is 12.9. The van der Waals surface area contributed by atoms with Crippen LogP contribution in [-0.2, 0) is 19.4 Å². The van der Waals surface area contributed by atoms with Crippen LogP contribution >= 0.6 is 0 Å². The summed E-state index contributed by atoms with van der Waals surface area (Å²) < 4.78 is 23.2. The molecule has 2 aliphatic rings. The van der Waals surface area contributed by atoms with E-state index in [1.807, 2.05) is 0 Å². The number of piperazine rings is 1. The number of carbonyl (C=O) groups excluding carboxylic acids is 2. The summed E-state index contributed by atoms with van der Waals surface area (Å²) in [6, 6.07) is -0.535. The molecule has 1 aliphatic carbocycles. The molecule has 2 atom stereocenters. The van der Waals surface area contributed by atoms with E-state index in [1.54, 1.807) is 25.7 Å². The molecule has 1 heterocycles. The SMILES string of the molecule is CCS(=O)(=O)CCCN1C(=O)C(C)NC(=O)C1(C)C1CC1. The third-order valence-electron chi connectivity index (χ3n) is 4.65. The van der Waals surface area contributed by atoms with Gasteiger partial charge in [-0.2, -0.15) is 0 Å². The van der Waals surface area contributed by atoms with Gasteiger partial charge in [-0.25, -0.2) is 8.42 Å². The molecule has 0 aromatic rings. The maximum absolute atomic E-state index is 12.4. The van der Waals surface area contributed by atoms with Gasteiger partial charge in [-0.3, -0.25) is 9.59 Å². The van der Waals surface area contributed by atoms with Gasteiger partial charge < -0.3 is 10.2 Å². The first kappa shape index (κ1) is 16.3. The van der Waals surface area contributed by atoms with Crippen LogP contribution in [0.5, 0.6) is 0 Å². The van der Waals surface area contributed by atoms with E-state index in [1.165, 1.54) is 0 Å². The van der Waals surface area contributed by atoms with E-state index in [2.05, 4.69) is 5.32 Å². The number of amides is 2. The van der Waals surface area contributed by atoms with Crippen LogP contribution in [0.4, 0.5) is 0 Å². The molecule has 2 amide bonds. The number of sulfone groups is 1. The van der Waals surface area contributed by atoms with Crippen molar-refractivity contribution in [3.05, 3.63) is 0 Å². The van der Waals surface area contributed by atoms with Crippen LogP contribution in [-0.4, -0.2) is 54.8 Å². The van der Waals surface area contributed by atoms with Crippen molar-refractivity contribution in [1.82, 2.24) is 10.2 Å². The minimum absolute atomic E-state index is 0.0596. The maximum atomic E-state index is 12.4. The fourth-order valence-electron chi connectivity index (χ4n) is 2.97. The lowest BCUT2D eigenvalue weighted by atomic mass is 9.88. The standard InChI is InChI=1S/C14H24N2O4S/c1-4-21(19,20)9-5-8-16-12(17)10(2)15-13(18)14(16,3)11-6-7-11/h10-11H,4-9H2,1-3H3,(H,15,18). The van der Waals surface area contributed by atoms with E-state index < -0.39 is 21.4 Å². The van der Waals surface area contributed by atoms with Crippen LogP contribution < -0.4 is 5.32 Å². The summed E-state index contributed by atoms with van der Waals surface area (Å²) in [6.45, 7) is 5.41. The summed E-state index contributed by atoms with van der Waals surface area (Å²) in [5.74, 6) is 0.131. The van der Waals surface area contributed by atoms with Gasteiger partial charge in [0, 0.05) is 12.3 Å². The summed E-state index contributed by atoms with van der Waals surface area (Å²) in [6.07, 6.45) is 2.26. The minimum atomic E-state index is -3.05. The van der Waals surface area contributed by atoms with Gasteiger partial charge in [0.05, 0.1) is 5.75 Å². The smallest absolute Gasteiger partial charge is 0.246 e. The van der Waals surface area contributed by atoms with E-state index in [-0.39, 0.29) is 29.2 Å². The predicted molar refractivity (Wildman–Crippen MR) is 79.4 cm³/mol. The van der Waals surface area contributed by atoms with Crippen LogP contribution in [0.1, 0.15) is 40.0 Å². The number of hydrogen-bond acceptors (Lipinski definition) is 4. The first-order valence-corrected chi connectivity index (χ1v) is 9.37. The van der Waals surface area contributed by atoms with Gasteiger partial charge in [0.2, 0.25) is 11.8 Å². The molecule has 2 rings (SSSR count). The number of hydrogen-bond donors (Lipinski definition) is 1. The Morgan fingerprint density at radius 3 is 2.48 bits per heavy atom. The lowest BCUT2D eigenvalue weighted by Gasteiger charge is -2.46. The monoisotopic (exact) mass is 316 g/mol. The molecule has 1 saturated carbocycles. The largest absolute Gasteiger partial charge is 0.343 e. The number of carbonyl (C=O) groups is 2. The maximum Gasteiger partial charge on any atom is 0.246 e. The Labute approximate surface area is 126 Å². The Bertz CT molecular complexity index is 541. The number of nitrogens with zero attached hydrogens (tertiary/aromatic N) is 1. The van der Waals surface area contributed by atoms with E-state index in [0.29, 0.717) is 13.0 Å². The van der Waals surface area contributed by atoms with Crippen LogP contribution in [0.2, 0.25) is 0 Å². The summed E-state index contributed by atoms with van der Waals surface area (Å²) in [5, 5.41) is 2.74. The van der Waals surface area contributed by atoms with Crippen LogP contribution in [0.25, 0.3) is 0 Å². The Balaban J connectivity index is 2.12. The van der Waals surface area contributed by atoms with Crippen LogP contribution in [0, 0.1) is 5.92 Å². The second-order valence-corrected chi connectivity index (χ2v) is 8.67. The van der Waals surface area contributed by atoms with E-state index in [9.17, 15) is 18.0 Å². The predicted octanol–water partition coefficient (Wildman–Crippen LogP) is 0.327.